The van der Waals surface area contributed by atoms with E-state index in [0.29, 0.717) is 17.8 Å². The zero-order chi connectivity index (χ0) is 15.0. The molecule has 0 aromatic heterocycles. The van der Waals surface area contributed by atoms with Gasteiger partial charge in [0, 0.05) is 12.2 Å². The molecule has 0 saturated heterocycles. The van der Waals surface area contributed by atoms with Crippen LogP contribution in [0.3, 0.4) is 0 Å². The lowest BCUT2D eigenvalue weighted by Gasteiger charge is -2.10. The fourth-order valence-corrected chi connectivity index (χ4v) is 3.77. The molecule has 1 aromatic carbocycles. The number of sulfonamides is 1. The highest BCUT2D eigenvalue weighted by atomic mass is 32.2. The molecule has 0 saturated carbocycles. The molecule has 4 nitrogen and oxygen atoms in total. The maximum atomic E-state index is 12.2. The third-order valence-electron chi connectivity index (χ3n) is 3.18. The molecule has 0 aliphatic carbocycles. The Kier molecular flexibility index (Phi) is 7.40. The van der Waals surface area contributed by atoms with Crippen molar-refractivity contribution in [2.75, 3.05) is 24.3 Å². The summed E-state index contributed by atoms with van der Waals surface area (Å²) in [6.45, 7) is 2.21. The van der Waals surface area contributed by atoms with Crippen LogP contribution >= 0.6 is 11.8 Å². The second-order valence-corrected chi connectivity index (χ2v) is 7.50. The van der Waals surface area contributed by atoms with Crippen molar-refractivity contribution in [2.45, 2.75) is 37.5 Å². The summed E-state index contributed by atoms with van der Waals surface area (Å²) in [6, 6.07) is 4.96. The number of unbranched alkanes of at least 4 members (excludes halogenated alkanes) is 3. The van der Waals surface area contributed by atoms with Gasteiger partial charge < -0.3 is 5.73 Å². The molecule has 0 heterocycles. The van der Waals surface area contributed by atoms with Crippen LogP contribution in [0.15, 0.2) is 23.1 Å². The van der Waals surface area contributed by atoms with E-state index in [2.05, 4.69) is 11.0 Å². The van der Waals surface area contributed by atoms with Crippen LogP contribution in [0, 0.1) is 6.92 Å². The molecule has 0 bridgehead atoms. The summed E-state index contributed by atoms with van der Waals surface area (Å²) in [6.07, 6.45) is 6.37. The van der Waals surface area contributed by atoms with E-state index < -0.39 is 10.0 Å². The Bertz CT molecular complexity index is 516. The SMILES string of the molecule is CSCCCCCCNS(=O)(=O)c1cccc(N)c1C. The van der Waals surface area contributed by atoms with E-state index in [1.165, 1.54) is 12.2 Å². The van der Waals surface area contributed by atoms with Gasteiger partial charge in [-0.25, -0.2) is 13.1 Å². The molecule has 3 N–H and O–H groups in total. The van der Waals surface area contributed by atoms with Crippen LogP contribution in [0.2, 0.25) is 0 Å². The summed E-state index contributed by atoms with van der Waals surface area (Å²) in [7, 11) is -3.44. The van der Waals surface area contributed by atoms with E-state index in [0.717, 1.165) is 19.3 Å². The van der Waals surface area contributed by atoms with Gasteiger partial charge in [-0.05, 0) is 49.5 Å². The molecule has 0 atom stereocenters. The average Bonchev–Trinajstić information content (AvgIpc) is 2.40. The Labute approximate surface area is 126 Å². The molecule has 1 rings (SSSR count). The molecule has 0 spiro atoms. The first-order valence-corrected chi connectivity index (χ1v) is 9.70. The number of nitrogens with one attached hydrogen (secondary N) is 1. The summed E-state index contributed by atoms with van der Waals surface area (Å²) in [5, 5.41) is 0. The molecule has 114 valence electrons. The normalized spacial score (nSPS) is 11.7. The van der Waals surface area contributed by atoms with Crippen LogP contribution in [-0.4, -0.2) is 27.0 Å². The average molecular weight is 316 g/mol. The predicted molar refractivity (Wildman–Crippen MR) is 87.6 cm³/mol. The van der Waals surface area contributed by atoms with Crippen LogP contribution in [-0.2, 0) is 10.0 Å². The van der Waals surface area contributed by atoms with E-state index in [1.807, 2.05) is 11.8 Å². The quantitative estimate of drug-likeness (QED) is 0.543. The van der Waals surface area contributed by atoms with Gasteiger partial charge in [-0.1, -0.05) is 18.9 Å². The van der Waals surface area contributed by atoms with Crippen LogP contribution in [0.5, 0.6) is 0 Å². The molecule has 0 radical (unpaired) electrons. The molecule has 20 heavy (non-hydrogen) atoms. The third-order valence-corrected chi connectivity index (χ3v) is 5.49. The molecular weight excluding hydrogens is 292 g/mol. The van der Waals surface area contributed by atoms with E-state index >= 15 is 0 Å². The standard InChI is InChI=1S/C14H24N2O2S2/c1-12-13(15)8-7-9-14(12)20(17,18)16-10-5-3-4-6-11-19-2/h7-9,16H,3-6,10-11,15H2,1-2H3. The molecule has 0 aliphatic heterocycles. The lowest BCUT2D eigenvalue weighted by Crippen LogP contribution is -2.25. The van der Waals surface area contributed by atoms with Crippen LogP contribution in [0.1, 0.15) is 31.2 Å². The van der Waals surface area contributed by atoms with Crippen molar-refractivity contribution >= 4 is 27.5 Å². The molecule has 0 fully saturated rings. The highest BCUT2D eigenvalue weighted by Crippen LogP contribution is 2.20. The van der Waals surface area contributed by atoms with Crippen molar-refractivity contribution < 1.29 is 8.42 Å². The summed E-state index contributed by atoms with van der Waals surface area (Å²) >= 11 is 1.85. The number of nitrogens with two attached hydrogens (primary N) is 1. The number of thioether (sulfide) groups is 1. The third kappa shape index (κ3) is 5.34. The van der Waals surface area contributed by atoms with Crippen molar-refractivity contribution in [3.05, 3.63) is 23.8 Å². The maximum Gasteiger partial charge on any atom is 0.240 e. The predicted octanol–water partition coefficient (Wildman–Crippen LogP) is 2.78. The van der Waals surface area contributed by atoms with E-state index in [-0.39, 0.29) is 4.90 Å². The van der Waals surface area contributed by atoms with Crippen molar-refractivity contribution in [2.24, 2.45) is 0 Å². The van der Waals surface area contributed by atoms with Crippen LogP contribution in [0.4, 0.5) is 5.69 Å². The number of hydrogen-bond acceptors (Lipinski definition) is 4. The van der Waals surface area contributed by atoms with E-state index in [4.69, 9.17) is 5.73 Å². The fourth-order valence-electron chi connectivity index (χ4n) is 1.93. The zero-order valence-electron chi connectivity index (χ0n) is 12.2. The van der Waals surface area contributed by atoms with Gasteiger partial charge in [0.05, 0.1) is 4.90 Å². The Hall–Kier alpha value is -0.720. The number of hydrogen-bond donors (Lipinski definition) is 2. The smallest absolute Gasteiger partial charge is 0.240 e. The van der Waals surface area contributed by atoms with Gasteiger partial charge in [0.2, 0.25) is 10.0 Å². The van der Waals surface area contributed by atoms with E-state index in [1.54, 1.807) is 25.1 Å². The van der Waals surface area contributed by atoms with Crippen molar-refractivity contribution in [1.82, 2.24) is 4.72 Å². The summed E-state index contributed by atoms with van der Waals surface area (Å²) < 4.78 is 27.0. The van der Waals surface area contributed by atoms with Crippen LogP contribution in [0.25, 0.3) is 0 Å². The van der Waals surface area contributed by atoms with Gasteiger partial charge in [-0.15, -0.1) is 0 Å². The molecule has 6 heteroatoms. The van der Waals surface area contributed by atoms with Gasteiger partial charge >= 0.3 is 0 Å². The monoisotopic (exact) mass is 316 g/mol. The molecule has 0 unspecified atom stereocenters. The first-order valence-electron chi connectivity index (χ1n) is 6.82. The summed E-state index contributed by atoms with van der Waals surface area (Å²) in [5.41, 5.74) is 6.86. The van der Waals surface area contributed by atoms with Gasteiger partial charge in [-0.3, -0.25) is 0 Å². The molecule has 0 amide bonds. The fraction of sp³-hybridized carbons (Fsp3) is 0.571. The Morgan fingerprint density at radius 3 is 2.60 bits per heavy atom. The number of rotatable bonds is 9. The highest BCUT2D eigenvalue weighted by Gasteiger charge is 2.16. The first kappa shape index (κ1) is 17.3. The van der Waals surface area contributed by atoms with Crippen LogP contribution < -0.4 is 10.5 Å². The Morgan fingerprint density at radius 2 is 1.90 bits per heavy atom. The topological polar surface area (TPSA) is 72.2 Å². The highest BCUT2D eigenvalue weighted by molar-refractivity contribution is 7.98. The minimum Gasteiger partial charge on any atom is -0.398 e. The molecule has 1 aromatic rings. The van der Waals surface area contributed by atoms with Crippen molar-refractivity contribution in [3.8, 4) is 0 Å². The minimum absolute atomic E-state index is 0.278. The molecular formula is C14H24N2O2S2. The number of anilines is 1. The largest absolute Gasteiger partial charge is 0.398 e. The van der Waals surface area contributed by atoms with Crippen molar-refractivity contribution in [1.29, 1.82) is 0 Å². The van der Waals surface area contributed by atoms with Gasteiger partial charge in [-0.2, -0.15) is 11.8 Å². The Morgan fingerprint density at radius 1 is 1.20 bits per heavy atom. The van der Waals surface area contributed by atoms with Gasteiger partial charge in [0.25, 0.3) is 0 Å². The zero-order valence-corrected chi connectivity index (χ0v) is 13.8. The summed E-state index contributed by atoms with van der Waals surface area (Å²) in [4.78, 5) is 0.278. The maximum absolute atomic E-state index is 12.2. The number of benzene rings is 1. The summed E-state index contributed by atoms with van der Waals surface area (Å²) in [5.74, 6) is 1.17. The van der Waals surface area contributed by atoms with Gasteiger partial charge in [0.1, 0.15) is 0 Å². The lowest BCUT2D eigenvalue weighted by atomic mass is 10.2. The molecule has 0 aliphatic rings. The van der Waals surface area contributed by atoms with Crippen molar-refractivity contribution in [3.63, 3.8) is 0 Å². The van der Waals surface area contributed by atoms with Gasteiger partial charge in [0.15, 0.2) is 0 Å². The minimum atomic E-state index is -3.44. The number of nitrogen functional groups attached to an aromatic ring is 1. The Balaban J connectivity index is 2.44. The second kappa shape index (κ2) is 8.54. The lowest BCUT2D eigenvalue weighted by molar-refractivity contribution is 0.573. The van der Waals surface area contributed by atoms with E-state index in [9.17, 15) is 8.42 Å². The first-order chi connectivity index (χ1) is 9.49. The second-order valence-electron chi connectivity index (χ2n) is 4.78.